The summed E-state index contributed by atoms with van der Waals surface area (Å²) in [5.74, 6) is -0.134. The number of pyridine rings is 3. The standard InChI is InChI=1S/C26H33N7O2/c1-2-21-14-23-24(29-25(21)34)13-20(16-28-23)18-32-11-9-31(10-12-32)17-19-5-6-22(27-15-19)26(35)30-33-7-3-4-8-33/h5-6,13-16H,2-4,7-12,17-18H2,1H3,(H,29,34)(H,30,35). The van der Waals surface area contributed by atoms with Crippen LogP contribution in [0.5, 0.6) is 0 Å². The fraction of sp³-hybridized carbons (Fsp3) is 0.462. The highest BCUT2D eigenvalue weighted by atomic mass is 16.2. The number of fused-ring (bicyclic) bond motifs is 1. The summed E-state index contributed by atoms with van der Waals surface area (Å²) >= 11 is 0. The van der Waals surface area contributed by atoms with Gasteiger partial charge in [-0.25, -0.2) is 5.01 Å². The minimum Gasteiger partial charge on any atom is -0.320 e. The average Bonchev–Trinajstić information content (AvgIpc) is 3.38. The zero-order chi connectivity index (χ0) is 24.2. The van der Waals surface area contributed by atoms with Gasteiger partial charge in [0, 0.05) is 70.3 Å². The lowest BCUT2D eigenvalue weighted by Gasteiger charge is -2.34. The quantitative estimate of drug-likeness (QED) is 0.539. The second-order valence-electron chi connectivity index (χ2n) is 9.49. The van der Waals surface area contributed by atoms with Crippen molar-refractivity contribution in [2.45, 2.75) is 39.3 Å². The zero-order valence-electron chi connectivity index (χ0n) is 20.3. The lowest BCUT2D eigenvalue weighted by atomic mass is 10.1. The molecule has 0 radical (unpaired) electrons. The third kappa shape index (κ3) is 5.75. The largest absolute Gasteiger partial charge is 0.320 e. The number of aromatic nitrogens is 3. The van der Waals surface area contributed by atoms with Gasteiger partial charge in [-0.1, -0.05) is 13.0 Å². The summed E-state index contributed by atoms with van der Waals surface area (Å²) in [6.07, 6.45) is 6.68. The minimum absolute atomic E-state index is 0.0256. The molecular formula is C26H33N7O2. The molecule has 35 heavy (non-hydrogen) atoms. The van der Waals surface area contributed by atoms with Gasteiger partial charge in [-0.05, 0) is 48.6 Å². The first-order valence-corrected chi connectivity index (χ1v) is 12.5. The van der Waals surface area contributed by atoms with E-state index < -0.39 is 0 Å². The van der Waals surface area contributed by atoms with Gasteiger partial charge in [-0.3, -0.25) is 34.8 Å². The maximum Gasteiger partial charge on any atom is 0.284 e. The molecule has 3 aromatic rings. The van der Waals surface area contributed by atoms with Crippen LogP contribution in [0.4, 0.5) is 0 Å². The van der Waals surface area contributed by atoms with Crippen LogP contribution in [-0.2, 0) is 19.5 Å². The molecule has 0 saturated carbocycles. The average molecular weight is 476 g/mol. The molecule has 9 heteroatoms. The fourth-order valence-electron chi connectivity index (χ4n) is 4.82. The number of hydrogen-bond donors (Lipinski definition) is 2. The van der Waals surface area contributed by atoms with Crippen LogP contribution < -0.4 is 11.0 Å². The van der Waals surface area contributed by atoms with Crippen molar-refractivity contribution in [1.82, 2.24) is 35.2 Å². The third-order valence-electron chi connectivity index (χ3n) is 6.91. The maximum atomic E-state index is 12.4. The van der Waals surface area contributed by atoms with E-state index in [1.165, 1.54) is 0 Å². The summed E-state index contributed by atoms with van der Waals surface area (Å²) in [5, 5.41) is 1.97. The van der Waals surface area contributed by atoms with Gasteiger partial charge in [-0.15, -0.1) is 0 Å². The second-order valence-corrected chi connectivity index (χ2v) is 9.49. The molecular weight excluding hydrogens is 442 g/mol. The molecule has 2 N–H and O–H groups in total. The number of aryl methyl sites for hydroxylation is 1. The first kappa shape index (κ1) is 23.6. The Bertz CT molecular complexity index is 1230. The number of H-pyrrole nitrogens is 1. The number of carbonyl (C=O) groups excluding carboxylic acids is 1. The van der Waals surface area contributed by atoms with E-state index in [0.29, 0.717) is 12.1 Å². The molecule has 9 nitrogen and oxygen atoms in total. The summed E-state index contributed by atoms with van der Waals surface area (Å²) in [7, 11) is 0. The van der Waals surface area contributed by atoms with Gasteiger partial charge < -0.3 is 4.98 Å². The molecule has 0 atom stereocenters. The highest BCUT2D eigenvalue weighted by Crippen LogP contribution is 2.15. The molecule has 0 bridgehead atoms. The number of rotatable bonds is 7. The van der Waals surface area contributed by atoms with Crippen LogP contribution in [0, 0.1) is 0 Å². The number of nitrogens with one attached hydrogen (secondary N) is 2. The predicted octanol–water partition coefficient (Wildman–Crippen LogP) is 1.94. The Labute approximate surface area is 205 Å². The Hall–Kier alpha value is -3.14. The van der Waals surface area contributed by atoms with Gasteiger partial charge in [0.1, 0.15) is 5.69 Å². The zero-order valence-corrected chi connectivity index (χ0v) is 20.3. The van der Waals surface area contributed by atoms with E-state index in [-0.39, 0.29) is 11.5 Å². The van der Waals surface area contributed by atoms with Crippen molar-refractivity contribution in [2.75, 3.05) is 39.3 Å². The smallest absolute Gasteiger partial charge is 0.284 e. The van der Waals surface area contributed by atoms with Gasteiger partial charge in [0.2, 0.25) is 0 Å². The molecule has 5 rings (SSSR count). The number of aromatic amines is 1. The number of piperazine rings is 1. The first-order chi connectivity index (χ1) is 17.1. The Morgan fingerprint density at radius 2 is 1.63 bits per heavy atom. The summed E-state index contributed by atoms with van der Waals surface area (Å²) in [4.78, 5) is 41.3. The van der Waals surface area contributed by atoms with Crippen LogP contribution in [0.25, 0.3) is 11.0 Å². The monoisotopic (exact) mass is 475 g/mol. The maximum absolute atomic E-state index is 12.4. The summed E-state index contributed by atoms with van der Waals surface area (Å²) in [5.41, 5.74) is 8.00. The normalized spacial score (nSPS) is 17.7. The predicted molar refractivity (Wildman–Crippen MR) is 135 cm³/mol. The molecule has 5 heterocycles. The Kier molecular flexibility index (Phi) is 7.17. The number of hydrazine groups is 1. The van der Waals surface area contributed by atoms with Crippen molar-refractivity contribution in [3.05, 3.63) is 69.4 Å². The highest BCUT2D eigenvalue weighted by Gasteiger charge is 2.19. The molecule has 2 saturated heterocycles. The Balaban J connectivity index is 1.11. The van der Waals surface area contributed by atoms with Gasteiger partial charge in [0.05, 0.1) is 11.0 Å². The fourth-order valence-corrected chi connectivity index (χ4v) is 4.82. The molecule has 184 valence electrons. The molecule has 0 spiro atoms. The number of amides is 1. The van der Waals surface area contributed by atoms with E-state index in [1.807, 2.05) is 48.6 Å². The lowest BCUT2D eigenvalue weighted by molar-refractivity contribution is 0.0820. The summed E-state index contributed by atoms with van der Waals surface area (Å²) < 4.78 is 0. The van der Waals surface area contributed by atoms with Crippen molar-refractivity contribution in [2.24, 2.45) is 0 Å². The first-order valence-electron chi connectivity index (χ1n) is 12.5. The lowest BCUT2D eigenvalue weighted by Crippen LogP contribution is -2.45. The van der Waals surface area contributed by atoms with E-state index in [2.05, 4.69) is 30.2 Å². The molecule has 2 fully saturated rings. The topological polar surface area (TPSA) is 97.5 Å². The van der Waals surface area contributed by atoms with Crippen LogP contribution in [0.3, 0.4) is 0 Å². The van der Waals surface area contributed by atoms with Crippen LogP contribution in [0.15, 0.2) is 41.5 Å². The number of nitrogens with zero attached hydrogens (tertiary/aromatic N) is 5. The van der Waals surface area contributed by atoms with Crippen LogP contribution in [0.1, 0.15) is 46.9 Å². The van der Waals surface area contributed by atoms with Crippen molar-refractivity contribution in [3.8, 4) is 0 Å². The molecule has 0 unspecified atom stereocenters. The van der Waals surface area contributed by atoms with E-state index in [4.69, 9.17) is 0 Å². The van der Waals surface area contributed by atoms with E-state index in [9.17, 15) is 9.59 Å². The minimum atomic E-state index is -0.134. The van der Waals surface area contributed by atoms with Crippen molar-refractivity contribution in [1.29, 1.82) is 0 Å². The van der Waals surface area contributed by atoms with E-state index in [0.717, 1.165) is 92.9 Å². The van der Waals surface area contributed by atoms with Crippen LogP contribution in [-0.4, -0.2) is 74.9 Å². The number of carbonyl (C=O) groups is 1. The molecule has 2 aliphatic rings. The van der Waals surface area contributed by atoms with E-state index >= 15 is 0 Å². The Morgan fingerprint density at radius 1 is 0.943 bits per heavy atom. The SMILES string of the molecule is CCc1cc2ncc(CN3CCN(Cc4ccc(C(=O)NN5CCCC5)nc4)CC3)cc2[nH]c1=O. The van der Waals surface area contributed by atoms with Crippen LogP contribution >= 0.6 is 0 Å². The van der Waals surface area contributed by atoms with Gasteiger partial charge in [0.25, 0.3) is 11.5 Å². The molecule has 3 aromatic heterocycles. The van der Waals surface area contributed by atoms with E-state index in [1.54, 1.807) is 0 Å². The summed E-state index contributed by atoms with van der Waals surface area (Å²) in [6, 6.07) is 7.75. The van der Waals surface area contributed by atoms with Crippen molar-refractivity contribution in [3.63, 3.8) is 0 Å². The summed E-state index contributed by atoms with van der Waals surface area (Å²) in [6.45, 7) is 9.30. The van der Waals surface area contributed by atoms with Gasteiger partial charge in [-0.2, -0.15) is 0 Å². The Morgan fingerprint density at radius 3 is 2.29 bits per heavy atom. The highest BCUT2D eigenvalue weighted by molar-refractivity contribution is 5.91. The van der Waals surface area contributed by atoms with Crippen molar-refractivity contribution < 1.29 is 4.79 Å². The third-order valence-corrected chi connectivity index (χ3v) is 6.91. The van der Waals surface area contributed by atoms with Crippen molar-refractivity contribution >= 4 is 16.9 Å². The van der Waals surface area contributed by atoms with Crippen LogP contribution in [0.2, 0.25) is 0 Å². The van der Waals surface area contributed by atoms with Gasteiger partial charge >= 0.3 is 0 Å². The molecule has 1 amide bonds. The van der Waals surface area contributed by atoms with Gasteiger partial charge in [0.15, 0.2) is 0 Å². The number of hydrogen-bond acceptors (Lipinski definition) is 7. The molecule has 0 aromatic carbocycles. The molecule has 2 aliphatic heterocycles. The molecule has 0 aliphatic carbocycles. The second kappa shape index (κ2) is 10.6.